The Hall–Kier alpha value is -4.00. The average molecular weight is 428 g/mol. The number of furan rings is 1. The predicted octanol–water partition coefficient (Wildman–Crippen LogP) is 3.69. The van der Waals surface area contributed by atoms with E-state index in [1.54, 1.807) is 12.1 Å². The number of amides is 2. The van der Waals surface area contributed by atoms with Crippen LogP contribution in [0, 0.1) is 17.7 Å². The quantitative estimate of drug-likeness (QED) is 0.470. The Morgan fingerprint density at radius 3 is 2.41 bits per heavy atom. The van der Waals surface area contributed by atoms with Crippen molar-refractivity contribution in [2.24, 2.45) is 11.8 Å². The molecular weight excluding hydrogens is 411 g/mol. The molecule has 4 heterocycles. The number of fused-ring (bicyclic) bond motifs is 5. The molecule has 2 aromatic carbocycles. The summed E-state index contributed by atoms with van der Waals surface area (Å²) in [5, 5.41) is 0. The molecule has 32 heavy (non-hydrogen) atoms. The molecule has 0 N–H and O–H groups in total. The summed E-state index contributed by atoms with van der Waals surface area (Å²) in [5.74, 6) is -3.14. The van der Waals surface area contributed by atoms with Crippen molar-refractivity contribution in [1.29, 1.82) is 0 Å². The second-order valence-corrected chi connectivity index (χ2v) is 8.14. The maximum atomic E-state index is 13.6. The lowest BCUT2D eigenvalue weighted by Crippen LogP contribution is -2.48. The van der Waals surface area contributed by atoms with Gasteiger partial charge in [-0.1, -0.05) is 30.4 Å². The number of anilines is 2. The molecule has 3 aliphatic rings. The molecule has 3 aliphatic heterocycles. The van der Waals surface area contributed by atoms with Crippen LogP contribution in [0.15, 0.2) is 77.4 Å². The Labute approximate surface area is 182 Å². The number of imide groups is 1. The summed E-state index contributed by atoms with van der Waals surface area (Å²) < 4.78 is 18.8. The molecule has 3 aromatic rings. The number of para-hydroxylation sites is 1. The highest BCUT2D eigenvalue weighted by Gasteiger charge is 2.64. The van der Waals surface area contributed by atoms with Crippen LogP contribution in [0.1, 0.15) is 16.1 Å². The van der Waals surface area contributed by atoms with Crippen LogP contribution >= 0.6 is 0 Å². The van der Waals surface area contributed by atoms with Crippen molar-refractivity contribution >= 4 is 35.0 Å². The third kappa shape index (κ3) is 2.48. The number of carbonyl (C=O) groups excluding carboxylic acids is 3. The minimum Gasteiger partial charge on any atom is -0.461 e. The van der Waals surface area contributed by atoms with E-state index in [4.69, 9.17) is 4.42 Å². The van der Waals surface area contributed by atoms with Crippen molar-refractivity contribution in [3.8, 4) is 0 Å². The van der Waals surface area contributed by atoms with Gasteiger partial charge in [0, 0.05) is 5.69 Å². The highest BCUT2D eigenvalue weighted by molar-refractivity contribution is 6.25. The molecule has 2 saturated heterocycles. The molecule has 2 amide bonds. The topological polar surface area (TPSA) is 70.8 Å². The fraction of sp³-hybridized carbons (Fsp3) is 0.160. The number of benzene rings is 2. The van der Waals surface area contributed by atoms with Gasteiger partial charge in [-0.2, -0.15) is 0 Å². The van der Waals surface area contributed by atoms with Gasteiger partial charge in [0.15, 0.2) is 5.76 Å². The van der Waals surface area contributed by atoms with E-state index in [-0.39, 0.29) is 17.5 Å². The number of rotatable bonds is 3. The second kappa shape index (κ2) is 6.75. The lowest BCUT2D eigenvalue weighted by atomic mass is 9.87. The fourth-order valence-electron chi connectivity index (χ4n) is 5.22. The molecule has 4 atom stereocenters. The van der Waals surface area contributed by atoms with E-state index in [1.165, 1.54) is 30.5 Å². The summed E-state index contributed by atoms with van der Waals surface area (Å²) in [6.07, 6.45) is 5.22. The highest BCUT2D eigenvalue weighted by atomic mass is 19.1. The molecule has 7 heteroatoms. The Morgan fingerprint density at radius 2 is 1.66 bits per heavy atom. The van der Waals surface area contributed by atoms with Gasteiger partial charge >= 0.3 is 0 Å². The minimum absolute atomic E-state index is 0.141. The number of hydrogen-bond acceptors (Lipinski definition) is 5. The van der Waals surface area contributed by atoms with Gasteiger partial charge in [0.1, 0.15) is 11.9 Å². The minimum atomic E-state index is -0.899. The van der Waals surface area contributed by atoms with Crippen LogP contribution in [0.3, 0.4) is 0 Å². The van der Waals surface area contributed by atoms with Crippen molar-refractivity contribution < 1.29 is 23.2 Å². The molecule has 0 saturated carbocycles. The van der Waals surface area contributed by atoms with E-state index in [9.17, 15) is 18.8 Å². The average Bonchev–Trinajstić information content (AvgIpc) is 3.51. The molecule has 158 valence electrons. The number of halogens is 1. The Balaban J connectivity index is 1.50. The SMILES string of the molecule is O=C(c1ccco1)[C@@H]1[C@@H]2C(=O)N(c3ccc(F)cc3)C(=O)[C@@H]2[C@H]2C=Cc3ccccc3N21. The van der Waals surface area contributed by atoms with Gasteiger partial charge in [0.2, 0.25) is 17.6 Å². The fourth-order valence-corrected chi connectivity index (χ4v) is 5.22. The van der Waals surface area contributed by atoms with E-state index in [0.717, 1.165) is 16.2 Å². The number of hydrogen-bond donors (Lipinski definition) is 0. The van der Waals surface area contributed by atoms with Crippen LogP contribution in [0.2, 0.25) is 0 Å². The standard InChI is InChI=1S/C25H17FN2O4/c26-15-8-10-16(11-9-15)27-24(30)20-18-12-7-14-4-1-2-5-17(14)28(18)22(21(20)25(27)31)23(29)19-6-3-13-32-19/h1-13,18,20-22H/t18-,20-,21-,22+/m1/s1. The van der Waals surface area contributed by atoms with E-state index in [0.29, 0.717) is 5.69 Å². The van der Waals surface area contributed by atoms with Crippen LogP contribution in [0.25, 0.3) is 6.08 Å². The second-order valence-electron chi connectivity index (χ2n) is 8.14. The molecule has 0 radical (unpaired) electrons. The van der Waals surface area contributed by atoms with Crippen molar-refractivity contribution in [3.05, 3.63) is 90.1 Å². The van der Waals surface area contributed by atoms with Crippen LogP contribution in [0.4, 0.5) is 15.8 Å². The van der Waals surface area contributed by atoms with Gasteiger partial charge in [0.05, 0.1) is 29.8 Å². The van der Waals surface area contributed by atoms with Crippen LogP contribution in [-0.4, -0.2) is 29.7 Å². The molecule has 0 bridgehead atoms. The van der Waals surface area contributed by atoms with Crippen molar-refractivity contribution in [3.63, 3.8) is 0 Å². The smallest absolute Gasteiger partial charge is 0.240 e. The summed E-state index contributed by atoms with van der Waals surface area (Å²) in [6, 6.07) is 14.6. The highest BCUT2D eigenvalue weighted by Crippen LogP contribution is 2.49. The third-order valence-electron chi connectivity index (χ3n) is 6.53. The van der Waals surface area contributed by atoms with E-state index < -0.39 is 35.6 Å². The summed E-state index contributed by atoms with van der Waals surface area (Å²) in [6.45, 7) is 0. The van der Waals surface area contributed by atoms with Gasteiger partial charge in [-0.25, -0.2) is 9.29 Å². The first kappa shape index (κ1) is 18.7. The van der Waals surface area contributed by atoms with E-state index in [2.05, 4.69) is 0 Å². The molecule has 0 aliphatic carbocycles. The molecule has 6 rings (SSSR count). The summed E-state index contributed by atoms with van der Waals surface area (Å²) in [4.78, 5) is 43.7. The maximum Gasteiger partial charge on any atom is 0.240 e. The zero-order chi connectivity index (χ0) is 22.0. The molecule has 6 nitrogen and oxygen atoms in total. The normalized spacial score (nSPS) is 25.7. The lowest BCUT2D eigenvalue weighted by Gasteiger charge is -2.36. The van der Waals surface area contributed by atoms with Crippen molar-refractivity contribution in [2.45, 2.75) is 12.1 Å². The van der Waals surface area contributed by atoms with Crippen LogP contribution in [-0.2, 0) is 9.59 Å². The molecule has 1 aromatic heterocycles. The van der Waals surface area contributed by atoms with Crippen LogP contribution in [0.5, 0.6) is 0 Å². The zero-order valence-electron chi connectivity index (χ0n) is 16.7. The van der Waals surface area contributed by atoms with Gasteiger partial charge in [-0.3, -0.25) is 14.4 Å². The van der Waals surface area contributed by atoms with Gasteiger partial charge < -0.3 is 9.32 Å². The van der Waals surface area contributed by atoms with E-state index >= 15 is 0 Å². The summed E-state index contributed by atoms with van der Waals surface area (Å²) in [5.41, 5.74) is 2.01. The zero-order valence-corrected chi connectivity index (χ0v) is 16.7. The predicted molar refractivity (Wildman–Crippen MR) is 114 cm³/mol. The lowest BCUT2D eigenvalue weighted by molar-refractivity contribution is -0.122. The Morgan fingerprint density at radius 1 is 0.906 bits per heavy atom. The van der Waals surface area contributed by atoms with Crippen molar-refractivity contribution in [2.75, 3.05) is 9.80 Å². The number of ketones is 1. The van der Waals surface area contributed by atoms with Gasteiger partial charge in [-0.15, -0.1) is 0 Å². The molecule has 2 fully saturated rings. The third-order valence-corrected chi connectivity index (χ3v) is 6.53. The Kier molecular flexibility index (Phi) is 3.95. The van der Waals surface area contributed by atoms with Gasteiger partial charge in [-0.05, 0) is 48.0 Å². The van der Waals surface area contributed by atoms with E-state index in [1.807, 2.05) is 41.3 Å². The maximum absolute atomic E-state index is 13.6. The first-order valence-corrected chi connectivity index (χ1v) is 10.3. The number of Topliss-reactive ketones (excluding diaryl/α,β-unsaturated/α-hetero) is 1. The van der Waals surface area contributed by atoms with Gasteiger partial charge in [0.25, 0.3) is 0 Å². The first-order valence-electron chi connectivity index (χ1n) is 10.3. The number of carbonyl (C=O) groups is 3. The molecule has 0 spiro atoms. The largest absolute Gasteiger partial charge is 0.461 e. The molecular formula is C25H17FN2O4. The summed E-state index contributed by atoms with van der Waals surface area (Å²) >= 11 is 0. The molecule has 0 unspecified atom stereocenters. The number of nitrogens with zero attached hydrogens (tertiary/aromatic N) is 2. The Bertz CT molecular complexity index is 1280. The van der Waals surface area contributed by atoms with Crippen LogP contribution < -0.4 is 9.80 Å². The monoisotopic (exact) mass is 428 g/mol. The first-order chi connectivity index (χ1) is 15.6. The van der Waals surface area contributed by atoms with Crippen molar-refractivity contribution in [1.82, 2.24) is 0 Å². The summed E-state index contributed by atoms with van der Waals surface area (Å²) in [7, 11) is 0.